The first kappa shape index (κ1) is 21.0. The van der Waals surface area contributed by atoms with Crippen molar-refractivity contribution < 1.29 is 37.4 Å². The van der Waals surface area contributed by atoms with Gasteiger partial charge in [0.15, 0.2) is 17.6 Å². The summed E-state index contributed by atoms with van der Waals surface area (Å²) >= 11 is 0. The number of ether oxygens (including phenoxy) is 2. The van der Waals surface area contributed by atoms with Gasteiger partial charge in [0, 0.05) is 11.5 Å². The summed E-state index contributed by atoms with van der Waals surface area (Å²) in [6.07, 6.45) is 0. The van der Waals surface area contributed by atoms with Crippen LogP contribution >= 0.6 is 0 Å². The third-order valence-electron chi connectivity index (χ3n) is 3.74. The zero-order valence-corrected chi connectivity index (χ0v) is 14.2. The molecule has 0 aliphatic carbocycles. The minimum Gasteiger partial charge on any atom is -0.468 e. The number of carbonyl (C=O) groups excluding carboxylic acids is 4. The largest absolute Gasteiger partial charge is 0.468 e. The van der Waals surface area contributed by atoms with Gasteiger partial charge in [0.1, 0.15) is 6.04 Å². The minimum atomic E-state index is -1.53. The summed E-state index contributed by atoms with van der Waals surface area (Å²) in [7, 11) is 2.06. The fraction of sp³-hybridized carbons (Fsp3) is 0.375. The van der Waals surface area contributed by atoms with Crippen molar-refractivity contribution >= 4 is 23.8 Å². The molecule has 0 fully saturated rings. The topological polar surface area (TPSA) is 125 Å². The molecule has 0 radical (unpaired) electrons. The molecule has 2 amide bonds. The SMILES string of the molecule is COC(=O)C(C(=O)OC)[C@@H](C)[C@@H](NC(=O)c1ccc(F)c(F)c1)C(N)=O. The first-order valence-electron chi connectivity index (χ1n) is 7.34. The highest BCUT2D eigenvalue weighted by molar-refractivity contribution is 5.99. The average Bonchev–Trinajstić information content (AvgIpc) is 2.60. The van der Waals surface area contributed by atoms with Crippen LogP contribution in [0.1, 0.15) is 17.3 Å². The maximum absolute atomic E-state index is 13.3. The van der Waals surface area contributed by atoms with Gasteiger partial charge in [0.05, 0.1) is 14.2 Å². The molecule has 1 aromatic rings. The Labute approximate surface area is 147 Å². The molecule has 0 aliphatic rings. The minimum absolute atomic E-state index is 0.282. The number of methoxy groups -OCH3 is 2. The highest BCUT2D eigenvalue weighted by Gasteiger charge is 2.41. The summed E-state index contributed by atoms with van der Waals surface area (Å²) in [6, 6.07) is 0.873. The Morgan fingerprint density at radius 2 is 1.58 bits per heavy atom. The number of hydrogen-bond donors (Lipinski definition) is 2. The lowest BCUT2D eigenvalue weighted by molar-refractivity contribution is -0.161. The molecule has 1 aromatic carbocycles. The van der Waals surface area contributed by atoms with Gasteiger partial charge in [-0.2, -0.15) is 0 Å². The van der Waals surface area contributed by atoms with E-state index in [0.29, 0.717) is 6.07 Å². The summed E-state index contributed by atoms with van der Waals surface area (Å²) in [6.45, 7) is 1.31. The van der Waals surface area contributed by atoms with Gasteiger partial charge in [-0.15, -0.1) is 0 Å². The Morgan fingerprint density at radius 3 is 2.00 bits per heavy atom. The van der Waals surface area contributed by atoms with E-state index in [0.717, 1.165) is 26.4 Å². The summed E-state index contributed by atoms with van der Waals surface area (Å²) in [5, 5.41) is 2.20. The van der Waals surface area contributed by atoms with Crippen LogP contribution < -0.4 is 11.1 Å². The van der Waals surface area contributed by atoms with Crippen LogP contribution in [-0.2, 0) is 23.9 Å². The van der Waals surface area contributed by atoms with E-state index < -0.39 is 53.3 Å². The van der Waals surface area contributed by atoms with E-state index in [4.69, 9.17) is 5.73 Å². The van der Waals surface area contributed by atoms with Crippen LogP contribution in [0.4, 0.5) is 8.78 Å². The molecule has 0 aliphatic heterocycles. The summed E-state index contributed by atoms with van der Waals surface area (Å²) in [5.41, 5.74) is 4.96. The van der Waals surface area contributed by atoms with Crippen molar-refractivity contribution in [3.8, 4) is 0 Å². The van der Waals surface area contributed by atoms with Gasteiger partial charge in [-0.25, -0.2) is 8.78 Å². The first-order chi connectivity index (χ1) is 12.1. The maximum atomic E-state index is 13.3. The van der Waals surface area contributed by atoms with Crippen LogP contribution in [0.2, 0.25) is 0 Å². The quantitative estimate of drug-likeness (QED) is 0.518. The van der Waals surface area contributed by atoms with Crippen molar-refractivity contribution in [1.29, 1.82) is 0 Å². The lowest BCUT2D eigenvalue weighted by Gasteiger charge is -2.26. The van der Waals surface area contributed by atoms with Crippen molar-refractivity contribution in [1.82, 2.24) is 5.32 Å². The molecule has 142 valence electrons. The Bertz CT molecular complexity index is 709. The highest BCUT2D eigenvalue weighted by Crippen LogP contribution is 2.20. The summed E-state index contributed by atoms with van der Waals surface area (Å²) < 4.78 is 35.2. The van der Waals surface area contributed by atoms with Crippen LogP contribution in [0.5, 0.6) is 0 Å². The van der Waals surface area contributed by atoms with Crippen molar-refractivity contribution in [2.45, 2.75) is 13.0 Å². The van der Waals surface area contributed by atoms with Crippen LogP contribution in [0.25, 0.3) is 0 Å². The van der Waals surface area contributed by atoms with Crippen molar-refractivity contribution in [3.63, 3.8) is 0 Å². The second-order valence-corrected chi connectivity index (χ2v) is 5.37. The van der Waals surface area contributed by atoms with Gasteiger partial charge < -0.3 is 20.5 Å². The molecule has 26 heavy (non-hydrogen) atoms. The standard InChI is InChI=1S/C16H18F2N2O6/c1-7(11(15(23)25-2)16(24)26-3)12(13(19)21)20-14(22)8-4-5-9(17)10(18)6-8/h4-7,11-12H,1-3H3,(H2,19,21)(H,20,22)/t7-,12-/m1/s1. The van der Waals surface area contributed by atoms with Gasteiger partial charge in [0.25, 0.3) is 5.91 Å². The number of esters is 2. The molecule has 8 nitrogen and oxygen atoms in total. The molecule has 0 unspecified atom stereocenters. The van der Waals surface area contributed by atoms with E-state index in [1.54, 1.807) is 0 Å². The number of amides is 2. The van der Waals surface area contributed by atoms with Gasteiger partial charge in [-0.3, -0.25) is 19.2 Å². The predicted octanol–water partition coefficient (Wildman–Crippen LogP) is 0.147. The van der Waals surface area contributed by atoms with E-state index in [1.807, 2.05) is 0 Å². The van der Waals surface area contributed by atoms with Crippen molar-refractivity contribution in [2.75, 3.05) is 14.2 Å². The van der Waals surface area contributed by atoms with Gasteiger partial charge in [-0.1, -0.05) is 6.92 Å². The van der Waals surface area contributed by atoms with Gasteiger partial charge in [0.2, 0.25) is 5.91 Å². The van der Waals surface area contributed by atoms with Gasteiger partial charge >= 0.3 is 11.9 Å². The fourth-order valence-electron chi connectivity index (χ4n) is 2.30. The molecule has 10 heteroatoms. The molecule has 2 atom stereocenters. The third kappa shape index (κ3) is 4.74. The molecule has 0 saturated carbocycles. The summed E-state index contributed by atoms with van der Waals surface area (Å²) in [4.78, 5) is 47.6. The number of primary amides is 1. The highest BCUT2D eigenvalue weighted by atomic mass is 19.2. The maximum Gasteiger partial charge on any atom is 0.320 e. The second kappa shape index (κ2) is 8.88. The van der Waals surface area contributed by atoms with Crippen molar-refractivity contribution in [2.24, 2.45) is 17.6 Å². The Morgan fingerprint density at radius 1 is 1.04 bits per heavy atom. The van der Waals surface area contributed by atoms with Gasteiger partial charge in [-0.05, 0) is 18.2 Å². The summed E-state index contributed by atoms with van der Waals surface area (Å²) in [5.74, 6) is -9.06. The molecule has 0 saturated heterocycles. The zero-order valence-electron chi connectivity index (χ0n) is 14.2. The number of benzene rings is 1. The number of halogens is 2. The molecule has 0 aromatic heterocycles. The van der Waals surface area contributed by atoms with Crippen LogP contribution in [-0.4, -0.2) is 44.0 Å². The van der Waals surface area contributed by atoms with E-state index in [-0.39, 0.29) is 5.56 Å². The van der Waals surface area contributed by atoms with E-state index in [9.17, 15) is 28.0 Å². The Hall–Kier alpha value is -3.04. The molecule has 1 rings (SSSR count). The molecule has 0 bridgehead atoms. The number of nitrogens with one attached hydrogen (secondary N) is 1. The van der Waals surface area contributed by atoms with E-state index in [2.05, 4.69) is 14.8 Å². The molecule has 3 N–H and O–H groups in total. The van der Waals surface area contributed by atoms with E-state index >= 15 is 0 Å². The Kier molecular flexibility index (Phi) is 7.17. The number of hydrogen-bond acceptors (Lipinski definition) is 6. The molecule has 0 spiro atoms. The van der Waals surface area contributed by atoms with Crippen LogP contribution in [0.3, 0.4) is 0 Å². The smallest absolute Gasteiger partial charge is 0.320 e. The third-order valence-corrected chi connectivity index (χ3v) is 3.74. The number of rotatable bonds is 7. The lowest BCUT2D eigenvalue weighted by atomic mass is 9.86. The number of nitrogens with two attached hydrogens (primary N) is 1. The monoisotopic (exact) mass is 372 g/mol. The molecular weight excluding hydrogens is 354 g/mol. The number of carbonyl (C=O) groups is 4. The fourth-order valence-corrected chi connectivity index (χ4v) is 2.30. The normalized spacial score (nSPS) is 12.8. The average molecular weight is 372 g/mol. The predicted molar refractivity (Wildman–Crippen MR) is 83.5 cm³/mol. The molecular formula is C16H18F2N2O6. The van der Waals surface area contributed by atoms with Crippen molar-refractivity contribution in [3.05, 3.63) is 35.4 Å². The Balaban J connectivity index is 3.11. The second-order valence-electron chi connectivity index (χ2n) is 5.37. The lowest BCUT2D eigenvalue weighted by Crippen LogP contribution is -2.52. The molecule has 0 heterocycles. The zero-order chi connectivity index (χ0) is 20.0. The first-order valence-corrected chi connectivity index (χ1v) is 7.34. The van der Waals surface area contributed by atoms with Crippen LogP contribution in [0, 0.1) is 23.5 Å². The van der Waals surface area contributed by atoms with E-state index in [1.165, 1.54) is 6.92 Å². The van der Waals surface area contributed by atoms with Crippen LogP contribution in [0.15, 0.2) is 18.2 Å².